The quantitative estimate of drug-likeness (QED) is 0.923. The number of benzene rings is 1. The summed E-state index contributed by atoms with van der Waals surface area (Å²) in [5.41, 5.74) is 1.24. The largest absolute Gasteiger partial charge is 0.347 e. The van der Waals surface area contributed by atoms with E-state index in [-0.39, 0.29) is 6.03 Å². The number of urea groups is 1. The summed E-state index contributed by atoms with van der Waals surface area (Å²) in [6.07, 6.45) is 2.38. The Hall–Kier alpha value is -1.59. The van der Waals surface area contributed by atoms with Crippen LogP contribution in [0.25, 0.3) is 0 Å². The van der Waals surface area contributed by atoms with Crippen molar-refractivity contribution in [2.24, 2.45) is 0 Å². The molecule has 0 bridgehead atoms. The first-order valence-electron chi connectivity index (χ1n) is 7.62. The van der Waals surface area contributed by atoms with Gasteiger partial charge in [0.2, 0.25) is 0 Å². The summed E-state index contributed by atoms with van der Waals surface area (Å²) in [5.74, 6) is -0.416. The molecule has 2 saturated heterocycles. The van der Waals surface area contributed by atoms with Crippen LogP contribution in [-0.2, 0) is 15.9 Å². The maximum atomic E-state index is 12.1. The van der Waals surface area contributed by atoms with Gasteiger partial charge in [0.15, 0.2) is 5.79 Å². The van der Waals surface area contributed by atoms with Gasteiger partial charge in [-0.25, -0.2) is 4.79 Å². The Kier molecular flexibility index (Phi) is 4.41. The number of carbonyl (C=O) groups is 1. The van der Waals surface area contributed by atoms with Crippen LogP contribution in [-0.4, -0.2) is 49.6 Å². The van der Waals surface area contributed by atoms with Crippen LogP contribution in [0.5, 0.6) is 0 Å². The van der Waals surface area contributed by atoms with E-state index in [1.807, 2.05) is 23.1 Å². The third kappa shape index (κ3) is 3.54. The number of ether oxygens (including phenoxy) is 2. The van der Waals surface area contributed by atoms with Crippen LogP contribution in [0.1, 0.15) is 18.4 Å². The molecule has 1 aromatic carbocycles. The van der Waals surface area contributed by atoms with Crippen molar-refractivity contribution in [1.29, 1.82) is 0 Å². The number of likely N-dealkylation sites (tertiary alicyclic amines) is 1. The molecule has 0 atom stereocenters. The molecule has 2 aliphatic rings. The number of carbonyl (C=O) groups excluding carboxylic acids is 1. The van der Waals surface area contributed by atoms with Crippen molar-refractivity contribution >= 4 is 6.03 Å². The van der Waals surface area contributed by atoms with Crippen LogP contribution in [0, 0.1) is 0 Å². The average Bonchev–Trinajstić information content (AvgIpc) is 2.97. The zero-order valence-corrected chi connectivity index (χ0v) is 12.2. The van der Waals surface area contributed by atoms with Gasteiger partial charge in [-0.3, -0.25) is 0 Å². The van der Waals surface area contributed by atoms with Crippen molar-refractivity contribution in [2.75, 3.05) is 32.8 Å². The van der Waals surface area contributed by atoms with Crippen molar-refractivity contribution in [1.82, 2.24) is 10.2 Å². The fraction of sp³-hybridized carbons (Fsp3) is 0.562. The summed E-state index contributed by atoms with van der Waals surface area (Å²) < 4.78 is 11.3. The third-order valence-electron chi connectivity index (χ3n) is 4.16. The molecule has 2 amide bonds. The molecule has 5 nitrogen and oxygen atoms in total. The molecule has 2 heterocycles. The van der Waals surface area contributed by atoms with E-state index in [4.69, 9.17) is 9.47 Å². The van der Waals surface area contributed by atoms with Gasteiger partial charge in [0.1, 0.15) is 0 Å². The molecule has 1 N–H and O–H groups in total. The minimum Gasteiger partial charge on any atom is -0.347 e. The molecule has 0 radical (unpaired) electrons. The lowest BCUT2D eigenvalue weighted by Gasteiger charge is -2.37. The summed E-state index contributed by atoms with van der Waals surface area (Å²) in [7, 11) is 0. The summed E-state index contributed by atoms with van der Waals surface area (Å²) in [4.78, 5) is 14.0. The second-order valence-electron chi connectivity index (χ2n) is 5.56. The first-order chi connectivity index (χ1) is 10.3. The van der Waals surface area contributed by atoms with Gasteiger partial charge in [0.05, 0.1) is 13.2 Å². The number of amides is 2. The van der Waals surface area contributed by atoms with Crippen molar-refractivity contribution in [3.63, 3.8) is 0 Å². The Morgan fingerprint density at radius 1 is 1.14 bits per heavy atom. The molecule has 2 aliphatic heterocycles. The van der Waals surface area contributed by atoms with Crippen molar-refractivity contribution in [3.8, 4) is 0 Å². The molecule has 0 aromatic heterocycles. The molecule has 1 aromatic rings. The van der Waals surface area contributed by atoms with Gasteiger partial charge in [-0.05, 0) is 12.0 Å². The monoisotopic (exact) mass is 290 g/mol. The first kappa shape index (κ1) is 14.4. The van der Waals surface area contributed by atoms with Gasteiger partial charge in [0.25, 0.3) is 0 Å². The van der Waals surface area contributed by atoms with Crippen LogP contribution >= 0.6 is 0 Å². The number of piperidine rings is 1. The number of nitrogens with zero attached hydrogens (tertiary/aromatic N) is 1. The zero-order valence-electron chi connectivity index (χ0n) is 12.2. The molecule has 0 aliphatic carbocycles. The highest BCUT2D eigenvalue weighted by atomic mass is 16.7. The first-order valence-corrected chi connectivity index (χ1v) is 7.62. The SMILES string of the molecule is O=C(NCCc1ccccc1)N1CCC2(CC1)OCCO2. The normalized spacial score (nSPS) is 20.7. The van der Waals surface area contributed by atoms with Gasteiger partial charge in [0, 0.05) is 32.5 Å². The van der Waals surface area contributed by atoms with Gasteiger partial charge in [-0.1, -0.05) is 30.3 Å². The molecule has 1 spiro atoms. The highest BCUT2D eigenvalue weighted by Gasteiger charge is 2.40. The Labute approximate surface area is 125 Å². The molecular formula is C16H22N2O3. The van der Waals surface area contributed by atoms with Crippen LogP contribution in [0.2, 0.25) is 0 Å². The molecule has 3 rings (SSSR count). The predicted molar refractivity (Wildman–Crippen MR) is 79.0 cm³/mol. The number of hydrogen-bond donors (Lipinski definition) is 1. The topological polar surface area (TPSA) is 50.8 Å². The minimum absolute atomic E-state index is 0.0128. The molecular weight excluding hydrogens is 268 g/mol. The maximum absolute atomic E-state index is 12.1. The lowest BCUT2D eigenvalue weighted by Crippen LogP contribution is -2.50. The van der Waals surface area contributed by atoms with Crippen molar-refractivity contribution in [3.05, 3.63) is 35.9 Å². The molecule has 5 heteroatoms. The van der Waals surface area contributed by atoms with Crippen LogP contribution in [0.3, 0.4) is 0 Å². The van der Waals surface area contributed by atoms with Crippen LogP contribution < -0.4 is 5.32 Å². The molecule has 2 fully saturated rings. The third-order valence-corrected chi connectivity index (χ3v) is 4.16. The maximum Gasteiger partial charge on any atom is 0.317 e. The highest BCUT2D eigenvalue weighted by molar-refractivity contribution is 5.74. The van der Waals surface area contributed by atoms with E-state index < -0.39 is 5.79 Å². The Bertz CT molecular complexity index is 462. The van der Waals surface area contributed by atoms with E-state index in [2.05, 4.69) is 17.4 Å². The van der Waals surface area contributed by atoms with E-state index in [9.17, 15) is 4.79 Å². The Balaban J connectivity index is 1.40. The van der Waals surface area contributed by atoms with Crippen molar-refractivity contribution in [2.45, 2.75) is 25.0 Å². The minimum atomic E-state index is -0.416. The Morgan fingerprint density at radius 3 is 2.48 bits per heavy atom. The van der Waals surface area contributed by atoms with E-state index in [0.717, 1.165) is 19.3 Å². The lowest BCUT2D eigenvalue weighted by molar-refractivity contribution is -0.181. The van der Waals surface area contributed by atoms with Gasteiger partial charge >= 0.3 is 6.03 Å². The van der Waals surface area contributed by atoms with Crippen LogP contribution in [0.15, 0.2) is 30.3 Å². The number of rotatable bonds is 3. The fourth-order valence-electron chi connectivity index (χ4n) is 2.91. The smallest absolute Gasteiger partial charge is 0.317 e. The second kappa shape index (κ2) is 6.45. The van der Waals surface area contributed by atoms with E-state index in [1.54, 1.807) is 0 Å². The number of hydrogen-bond acceptors (Lipinski definition) is 3. The molecule has 0 unspecified atom stereocenters. The average molecular weight is 290 g/mol. The van der Waals surface area contributed by atoms with Gasteiger partial charge in [-0.15, -0.1) is 0 Å². The summed E-state index contributed by atoms with van der Waals surface area (Å²) in [6.45, 7) is 3.39. The van der Waals surface area contributed by atoms with Gasteiger partial charge in [-0.2, -0.15) is 0 Å². The summed E-state index contributed by atoms with van der Waals surface area (Å²) in [5, 5.41) is 2.99. The second-order valence-corrected chi connectivity index (χ2v) is 5.56. The zero-order chi connectivity index (χ0) is 14.5. The Morgan fingerprint density at radius 2 is 1.81 bits per heavy atom. The van der Waals surface area contributed by atoms with Crippen molar-refractivity contribution < 1.29 is 14.3 Å². The van der Waals surface area contributed by atoms with Crippen LogP contribution in [0.4, 0.5) is 4.79 Å². The van der Waals surface area contributed by atoms with E-state index in [0.29, 0.717) is 32.8 Å². The fourth-order valence-corrected chi connectivity index (χ4v) is 2.91. The summed E-state index contributed by atoms with van der Waals surface area (Å²) in [6, 6.07) is 10.2. The van der Waals surface area contributed by atoms with Gasteiger partial charge < -0.3 is 19.7 Å². The molecule has 0 saturated carbocycles. The molecule has 114 valence electrons. The summed E-state index contributed by atoms with van der Waals surface area (Å²) >= 11 is 0. The van der Waals surface area contributed by atoms with E-state index in [1.165, 1.54) is 5.56 Å². The number of nitrogens with one attached hydrogen (secondary N) is 1. The lowest BCUT2D eigenvalue weighted by atomic mass is 10.0. The van der Waals surface area contributed by atoms with E-state index >= 15 is 0 Å². The standard InChI is InChI=1S/C16H22N2O3/c19-15(17-9-6-14-4-2-1-3-5-14)18-10-7-16(8-11-18)20-12-13-21-16/h1-5H,6-13H2,(H,17,19). The molecule has 21 heavy (non-hydrogen) atoms. The highest BCUT2D eigenvalue weighted by Crippen LogP contribution is 2.31. The predicted octanol–water partition coefficient (Wildman–Crippen LogP) is 1.78.